The minimum atomic E-state index is -4.38. The number of piperazine rings is 1. The number of nitrogens with zero attached hydrogens (tertiary/aromatic N) is 3. The van der Waals surface area contributed by atoms with Gasteiger partial charge in [-0.25, -0.2) is 0 Å². The summed E-state index contributed by atoms with van der Waals surface area (Å²) in [5.41, 5.74) is 0.530. The van der Waals surface area contributed by atoms with Crippen LogP contribution in [0.4, 0.5) is 18.9 Å². The molecule has 2 aromatic rings. The van der Waals surface area contributed by atoms with Gasteiger partial charge in [0.1, 0.15) is 11.8 Å². The minimum absolute atomic E-state index is 0.217. The van der Waals surface area contributed by atoms with Gasteiger partial charge in [-0.3, -0.25) is 4.79 Å². The van der Waals surface area contributed by atoms with E-state index >= 15 is 0 Å². The molecule has 0 radical (unpaired) electrons. The SMILES string of the molecule is N#Cc1c[nH]c(C(=O)N2CCN(c3cccc(C(F)(F)F)c3)CC2)c1. The topological polar surface area (TPSA) is 63.1 Å². The van der Waals surface area contributed by atoms with E-state index in [2.05, 4.69) is 4.98 Å². The maximum absolute atomic E-state index is 12.8. The van der Waals surface area contributed by atoms with E-state index < -0.39 is 11.7 Å². The molecule has 2 heterocycles. The fourth-order valence-corrected chi connectivity index (χ4v) is 2.80. The molecule has 1 aliphatic rings. The number of anilines is 1. The van der Waals surface area contributed by atoms with Crippen LogP contribution < -0.4 is 4.90 Å². The maximum atomic E-state index is 12.8. The summed E-state index contributed by atoms with van der Waals surface area (Å²) < 4.78 is 38.5. The number of amides is 1. The maximum Gasteiger partial charge on any atom is 0.416 e. The lowest BCUT2D eigenvalue weighted by Crippen LogP contribution is -2.48. The van der Waals surface area contributed by atoms with Crippen molar-refractivity contribution >= 4 is 11.6 Å². The van der Waals surface area contributed by atoms with Crippen LogP contribution in [0.3, 0.4) is 0 Å². The number of hydrogen-bond acceptors (Lipinski definition) is 3. The Labute approximate surface area is 142 Å². The number of aromatic nitrogens is 1. The number of nitrogens with one attached hydrogen (secondary N) is 1. The fourth-order valence-electron chi connectivity index (χ4n) is 2.80. The molecule has 8 heteroatoms. The Balaban J connectivity index is 1.66. The van der Waals surface area contributed by atoms with Crippen LogP contribution in [0.2, 0.25) is 0 Å². The van der Waals surface area contributed by atoms with Crippen molar-refractivity contribution in [3.63, 3.8) is 0 Å². The summed E-state index contributed by atoms with van der Waals surface area (Å²) in [6.07, 6.45) is -2.91. The highest BCUT2D eigenvalue weighted by Gasteiger charge is 2.31. The van der Waals surface area contributed by atoms with Gasteiger partial charge in [0.2, 0.25) is 0 Å². The van der Waals surface area contributed by atoms with Gasteiger partial charge in [-0.05, 0) is 24.3 Å². The van der Waals surface area contributed by atoms with Crippen molar-refractivity contribution in [2.45, 2.75) is 6.18 Å². The third-order valence-electron chi connectivity index (χ3n) is 4.15. The third-order valence-corrected chi connectivity index (χ3v) is 4.15. The first kappa shape index (κ1) is 16.9. The summed E-state index contributed by atoms with van der Waals surface area (Å²) >= 11 is 0. The highest BCUT2D eigenvalue weighted by Crippen LogP contribution is 2.31. The zero-order valence-electron chi connectivity index (χ0n) is 13.2. The standard InChI is InChI=1S/C17H15F3N4O/c18-17(19,20)13-2-1-3-14(9-13)23-4-6-24(7-5-23)16(25)15-8-12(10-21)11-22-15/h1-3,8-9,11,22H,4-7H2. The predicted molar refractivity (Wildman–Crippen MR) is 85.1 cm³/mol. The first-order chi connectivity index (χ1) is 11.9. The van der Waals surface area contributed by atoms with Crippen molar-refractivity contribution in [2.24, 2.45) is 0 Å². The molecule has 0 unspecified atom stereocenters. The summed E-state index contributed by atoms with van der Waals surface area (Å²) in [5, 5.41) is 8.80. The number of nitriles is 1. The Morgan fingerprint density at radius 1 is 1.16 bits per heavy atom. The molecule has 1 amide bonds. The third kappa shape index (κ3) is 3.60. The first-order valence-electron chi connectivity index (χ1n) is 7.68. The van der Waals surface area contributed by atoms with E-state index in [4.69, 9.17) is 5.26 Å². The molecule has 1 N–H and O–H groups in total. The summed E-state index contributed by atoms with van der Waals surface area (Å²) in [6, 6.07) is 8.63. The molecule has 5 nitrogen and oxygen atoms in total. The van der Waals surface area contributed by atoms with E-state index in [-0.39, 0.29) is 5.91 Å². The van der Waals surface area contributed by atoms with Crippen LogP contribution in [-0.2, 0) is 6.18 Å². The second kappa shape index (κ2) is 6.51. The monoisotopic (exact) mass is 348 g/mol. The van der Waals surface area contributed by atoms with Crippen molar-refractivity contribution in [3.05, 3.63) is 53.3 Å². The number of aromatic amines is 1. The molecule has 1 saturated heterocycles. The van der Waals surface area contributed by atoms with Gasteiger partial charge in [-0.15, -0.1) is 0 Å². The Bertz CT molecular complexity index is 814. The van der Waals surface area contributed by atoms with E-state index in [1.807, 2.05) is 11.0 Å². The zero-order chi connectivity index (χ0) is 18.0. The van der Waals surface area contributed by atoms with Crippen LogP contribution in [0, 0.1) is 11.3 Å². The van der Waals surface area contributed by atoms with Crippen LogP contribution in [0.15, 0.2) is 36.5 Å². The van der Waals surface area contributed by atoms with Gasteiger partial charge in [-0.1, -0.05) is 6.07 Å². The lowest BCUT2D eigenvalue weighted by molar-refractivity contribution is -0.137. The van der Waals surface area contributed by atoms with E-state index in [1.54, 1.807) is 11.0 Å². The highest BCUT2D eigenvalue weighted by molar-refractivity contribution is 5.93. The van der Waals surface area contributed by atoms with Gasteiger partial charge in [0.15, 0.2) is 0 Å². The number of benzene rings is 1. The molecule has 0 saturated carbocycles. The van der Waals surface area contributed by atoms with E-state index in [1.165, 1.54) is 18.3 Å². The minimum Gasteiger partial charge on any atom is -0.368 e. The number of halogens is 3. The lowest BCUT2D eigenvalue weighted by Gasteiger charge is -2.36. The smallest absolute Gasteiger partial charge is 0.368 e. The summed E-state index contributed by atoms with van der Waals surface area (Å²) in [6.45, 7) is 1.68. The van der Waals surface area contributed by atoms with Crippen molar-refractivity contribution in [1.82, 2.24) is 9.88 Å². The molecular weight excluding hydrogens is 333 g/mol. The summed E-state index contributed by atoms with van der Waals surface area (Å²) in [4.78, 5) is 18.6. The van der Waals surface area contributed by atoms with Gasteiger partial charge in [0.25, 0.3) is 5.91 Å². The number of hydrogen-bond donors (Lipinski definition) is 1. The summed E-state index contributed by atoms with van der Waals surface area (Å²) in [7, 11) is 0. The van der Waals surface area contributed by atoms with E-state index in [0.29, 0.717) is 43.1 Å². The molecule has 0 aliphatic carbocycles. The number of rotatable bonds is 2. The Morgan fingerprint density at radius 2 is 1.88 bits per heavy atom. The first-order valence-corrected chi connectivity index (χ1v) is 7.68. The van der Waals surface area contributed by atoms with Crippen molar-refractivity contribution in [3.8, 4) is 6.07 Å². The lowest BCUT2D eigenvalue weighted by atomic mass is 10.1. The van der Waals surface area contributed by atoms with Gasteiger partial charge < -0.3 is 14.8 Å². The van der Waals surface area contributed by atoms with Crippen LogP contribution in [-0.4, -0.2) is 42.0 Å². The van der Waals surface area contributed by atoms with Gasteiger partial charge in [0.05, 0.1) is 11.1 Å². The molecule has 1 aromatic carbocycles. The highest BCUT2D eigenvalue weighted by atomic mass is 19.4. The molecule has 0 bridgehead atoms. The average molecular weight is 348 g/mol. The average Bonchev–Trinajstić information content (AvgIpc) is 3.10. The number of carbonyl (C=O) groups excluding carboxylic acids is 1. The summed E-state index contributed by atoms with van der Waals surface area (Å²) in [5.74, 6) is -0.217. The van der Waals surface area contributed by atoms with Crippen LogP contribution in [0.5, 0.6) is 0 Å². The molecule has 3 rings (SSSR count). The van der Waals surface area contributed by atoms with Gasteiger partial charge in [0, 0.05) is 38.1 Å². The predicted octanol–water partition coefficient (Wildman–Crippen LogP) is 2.87. The van der Waals surface area contributed by atoms with Crippen LogP contribution in [0.25, 0.3) is 0 Å². The largest absolute Gasteiger partial charge is 0.416 e. The molecule has 0 spiro atoms. The normalized spacial score (nSPS) is 15.1. The molecular formula is C17H15F3N4O. The molecule has 1 aliphatic heterocycles. The van der Waals surface area contributed by atoms with Crippen molar-refractivity contribution in [2.75, 3.05) is 31.1 Å². The van der Waals surface area contributed by atoms with E-state index in [0.717, 1.165) is 12.1 Å². The Hall–Kier alpha value is -2.95. The molecule has 1 aromatic heterocycles. The van der Waals surface area contributed by atoms with Crippen molar-refractivity contribution in [1.29, 1.82) is 5.26 Å². The van der Waals surface area contributed by atoms with Gasteiger partial charge in [-0.2, -0.15) is 18.4 Å². The Kier molecular flexibility index (Phi) is 4.40. The zero-order valence-corrected chi connectivity index (χ0v) is 13.2. The molecule has 25 heavy (non-hydrogen) atoms. The quantitative estimate of drug-likeness (QED) is 0.908. The van der Waals surface area contributed by atoms with Crippen molar-refractivity contribution < 1.29 is 18.0 Å². The second-order valence-electron chi connectivity index (χ2n) is 5.74. The van der Waals surface area contributed by atoms with Crippen LogP contribution >= 0.6 is 0 Å². The molecule has 130 valence electrons. The number of H-pyrrole nitrogens is 1. The second-order valence-corrected chi connectivity index (χ2v) is 5.74. The van der Waals surface area contributed by atoms with Gasteiger partial charge >= 0.3 is 6.18 Å². The molecule has 1 fully saturated rings. The van der Waals surface area contributed by atoms with E-state index in [9.17, 15) is 18.0 Å². The number of carbonyl (C=O) groups is 1. The fraction of sp³-hybridized carbons (Fsp3) is 0.294. The Morgan fingerprint density at radius 3 is 2.48 bits per heavy atom. The number of alkyl halides is 3. The van der Waals surface area contributed by atoms with Crippen LogP contribution in [0.1, 0.15) is 21.6 Å². The molecule has 0 atom stereocenters.